The Balaban J connectivity index is 0.000000989. The molecular formula is C30H55OSi3Y-. The van der Waals surface area contributed by atoms with Crippen molar-refractivity contribution in [2.75, 3.05) is 13.7 Å². The Morgan fingerprint density at radius 2 is 0.829 bits per heavy atom. The minimum atomic E-state index is -1.82. The van der Waals surface area contributed by atoms with Crippen LogP contribution in [0.4, 0.5) is 0 Å². The van der Waals surface area contributed by atoms with E-state index in [1.165, 1.54) is 53.4 Å². The van der Waals surface area contributed by atoms with Crippen LogP contribution >= 0.6 is 0 Å². The first kappa shape index (κ1) is 36.7. The molecule has 0 aromatic carbocycles. The summed E-state index contributed by atoms with van der Waals surface area (Å²) in [7, 11) is -1.71. The van der Waals surface area contributed by atoms with Crippen LogP contribution in [0, 0.1) is 64.1 Å². The Morgan fingerprint density at radius 3 is 1.03 bits per heavy atom. The number of ether oxygens (including phenoxy) is 1. The molecule has 0 aliphatic heterocycles. The molecule has 0 heterocycles. The van der Waals surface area contributed by atoms with Crippen LogP contribution in [0.1, 0.15) is 61.8 Å². The van der Waals surface area contributed by atoms with E-state index in [0.29, 0.717) is 0 Å². The van der Waals surface area contributed by atoms with Crippen LogP contribution in [-0.4, -0.2) is 37.9 Å². The van der Waals surface area contributed by atoms with Gasteiger partial charge in [-0.1, -0.05) is 107 Å². The summed E-state index contributed by atoms with van der Waals surface area (Å²) in [5.41, 5.74) is 6.03. The first-order valence-corrected chi connectivity index (χ1v) is 23.0. The minimum Gasteiger partial charge on any atom is -0.385 e. The molecule has 0 atom stereocenters. The number of methoxy groups -OCH3 is 1. The van der Waals surface area contributed by atoms with Crippen molar-refractivity contribution in [3.05, 3.63) is 64.1 Å². The maximum absolute atomic E-state index is 5.41. The van der Waals surface area contributed by atoms with E-state index in [1.807, 2.05) is 7.11 Å². The molecule has 0 aromatic heterocycles. The zero-order chi connectivity index (χ0) is 26.8. The summed E-state index contributed by atoms with van der Waals surface area (Å²) in [5.74, 6) is 12.1. The van der Waals surface area contributed by atoms with E-state index in [0.717, 1.165) is 13.0 Å². The Bertz CT molecular complexity index is 542. The van der Waals surface area contributed by atoms with E-state index in [4.69, 9.17) is 4.74 Å². The van der Waals surface area contributed by atoms with Crippen LogP contribution in [0.25, 0.3) is 0 Å². The number of hydrogen-bond donors (Lipinski definition) is 0. The normalized spacial score (nSPS) is 22.6. The first-order valence-electron chi connectivity index (χ1n) is 13.1. The summed E-state index contributed by atoms with van der Waals surface area (Å²) in [5, 5.41) is 0. The van der Waals surface area contributed by atoms with Gasteiger partial charge in [0.2, 0.25) is 0 Å². The average Bonchev–Trinajstić information content (AvgIpc) is 2.99. The number of rotatable bonds is 8. The van der Waals surface area contributed by atoms with Gasteiger partial charge in [0, 0.05) is 46.4 Å². The molecule has 11 radical (unpaired) electrons. The molecule has 0 saturated heterocycles. The second-order valence-electron chi connectivity index (χ2n) is 13.1. The van der Waals surface area contributed by atoms with E-state index in [-0.39, 0.29) is 32.7 Å². The average molecular weight is 605 g/mol. The van der Waals surface area contributed by atoms with Gasteiger partial charge in [-0.15, -0.1) is 16.1 Å². The van der Waals surface area contributed by atoms with Crippen molar-refractivity contribution in [3.63, 3.8) is 0 Å². The molecule has 197 valence electrons. The number of hydrogen-bond acceptors (Lipinski definition) is 1. The molecule has 0 spiro atoms. The second kappa shape index (κ2) is 14.4. The maximum atomic E-state index is 5.41. The van der Waals surface area contributed by atoms with Gasteiger partial charge in [0.1, 0.15) is 0 Å². The quantitative estimate of drug-likeness (QED) is 0.153. The van der Waals surface area contributed by atoms with Gasteiger partial charge < -0.3 is 10.4 Å². The van der Waals surface area contributed by atoms with Gasteiger partial charge in [-0.25, -0.2) is 0 Å². The molecule has 2 saturated carbocycles. The van der Waals surface area contributed by atoms with Crippen molar-refractivity contribution in [2.45, 2.75) is 114 Å². The van der Waals surface area contributed by atoms with Crippen LogP contribution < -0.4 is 0 Å². The summed E-state index contributed by atoms with van der Waals surface area (Å²) in [4.78, 5) is 0. The minimum absolute atomic E-state index is 0. The molecule has 35 heavy (non-hydrogen) atoms. The molecule has 2 aliphatic carbocycles. The standard InChI is InChI=1S/C23H36OSi.C7H19Si2.Y/c1-14-15(2)19(6)22(18(14)5)25(10,13-11-12-24-9)23-20(7)16(3)17(4)21(23)8;1-8(2,3)7-9(4,5)6;/h11-13H2,1-10H3;7H,1-6H3;/q;-1;. The van der Waals surface area contributed by atoms with E-state index < -0.39 is 24.2 Å². The fraction of sp³-hybridized carbons (Fsp3) is 0.633. The van der Waals surface area contributed by atoms with Gasteiger partial charge in [0.05, 0.1) is 8.07 Å². The molecule has 0 amide bonds. The summed E-state index contributed by atoms with van der Waals surface area (Å²) in [6.45, 7) is 36.5. The predicted octanol–water partition coefficient (Wildman–Crippen LogP) is 9.05. The fourth-order valence-corrected chi connectivity index (χ4v) is 22.4. The van der Waals surface area contributed by atoms with Crippen LogP contribution in [-0.2, 0) is 37.4 Å². The van der Waals surface area contributed by atoms with Crippen molar-refractivity contribution in [2.24, 2.45) is 0 Å². The summed E-state index contributed by atoms with van der Waals surface area (Å²) < 4.78 is 5.41. The van der Waals surface area contributed by atoms with Crippen LogP contribution in [0.3, 0.4) is 0 Å². The first-order chi connectivity index (χ1) is 15.3. The van der Waals surface area contributed by atoms with Crippen LogP contribution in [0.5, 0.6) is 0 Å². The summed E-state index contributed by atoms with van der Waals surface area (Å²) in [6.07, 6.45) is 1.14. The molecule has 0 bridgehead atoms. The van der Waals surface area contributed by atoms with Gasteiger partial charge in [0.15, 0.2) is 0 Å². The third kappa shape index (κ3) is 9.40. The van der Waals surface area contributed by atoms with Gasteiger partial charge in [-0.2, -0.15) is 0 Å². The zero-order valence-electron chi connectivity index (χ0n) is 26.2. The van der Waals surface area contributed by atoms with E-state index in [9.17, 15) is 0 Å². The molecule has 5 heteroatoms. The summed E-state index contributed by atoms with van der Waals surface area (Å²) in [6, 6.07) is 1.26. The molecule has 2 fully saturated rings. The summed E-state index contributed by atoms with van der Waals surface area (Å²) >= 11 is 0. The monoisotopic (exact) mass is 604 g/mol. The zero-order valence-corrected chi connectivity index (χ0v) is 32.0. The Morgan fingerprint density at radius 1 is 0.543 bits per heavy atom. The van der Waals surface area contributed by atoms with Crippen molar-refractivity contribution in [1.82, 2.24) is 0 Å². The molecule has 0 aromatic rings. The van der Waals surface area contributed by atoms with Crippen molar-refractivity contribution >= 4 is 24.2 Å². The predicted molar refractivity (Wildman–Crippen MR) is 162 cm³/mol. The van der Waals surface area contributed by atoms with Crippen molar-refractivity contribution < 1.29 is 37.4 Å². The van der Waals surface area contributed by atoms with Gasteiger partial charge in [-0.05, 0) is 64.8 Å². The molecular weight excluding hydrogens is 549 g/mol. The van der Waals surface area contributed by atoms with Crippen molar-refractivity contribution in [1.29, 1.82) is 0 Å². The molecule has 0 unspecified atom stereocenters. The third-order valence-electron chi connectivity index (χ3n) is 7.87. The second-order valence-corrected chi connectivity index (χ2v) is 27.8. The maximum Gasteiger partial charge on any atom is 0.0664 e. The Labute approximate surface area is 251 Å². The Hall–Kier alpha value is 1.71. The van der Waals surface area contributed by atoms with Crippen LogP contribution in [0.2, 0.25) is 51.9 Å². The smallest absolute Gasteiger partial charge is 0.0664 e. The van der Waals surface area contributed by atoms with Crippen molar-refractivity contribution in [3.8, 4) is 0 Å². The van der Waals surface area contributed by atoms with Gasteiger partial charge in [0.25, 0.3) is 0 Å². The van der Waals surface area contributed by atoms with E-state index in [2.05, 4.69) is 107 Å². The molecule has 2 aliphatic rings. The fourth-order valence-electron chi connectivity index (χ4n) is 6.34. The van der Waals surface area contributed by atoms with Gasteiger partial charge in [-0.3, -0.25) is 0 Å². The topological polar surface area (TPSA) is 9.23 Å². The molecule has 0 N–H and O–H groups in total. The molecule has 2 rings (SSSR count). The largest absolute Gasteiger partial charge is 0.385 e. The molecule has 1 nitrogen and oxygen atoms in total. The van der Waals surface area contributed by atoms with Crippen LogP contribution in [0.15, 0.2) is 0 Å². The Kier molecular flexibility index (Phi) is 15.1. The third-order valence-corrected chi connectivity index (χ3v) is 19.9. The van der Waals surface area contributed by atoms with E-state index >= 15 is 0 Å². The van der Waals surface area contributed by atoms with E-state index in [1.54, 1.807) is 11.1 Å². The SMILES string of the molecule is COCCC[Si](C)([C]1[C](C)[C](C)[C](C)[C]1C)[C]1[C](C)[C](C)[C](C)[C]1C.C[Si](C)(C)[CH-][Si](C)(C)C.[Y]. The van der Waals surface area contributed by atoms with Gasteiger partial charge >= 0.3 is 0 Å².